The predicted molar refractivity (Wildman–Crippen MR) is 37.1 cm³/mol. The summed E-state index contributed by atoms with van der Waals surface area (Å²) in [5.41, 5.74) is 0.525. The second-order valence-electron chi connectivity index (χ2n) is 1.75. The largest absolute Gasteiger partial charge is 0.350 e. The van der Waals surface area contributed by atoms with Gasteiger partial charge in [0, 0.05) is 19.4 Å². The van der Waals surface area contributed by atoms with Crippen molar-refractivity contribution in [3.05, 3.63) is 37.1 Å². The van der Waals surface area contributed by atoms with Crippen LogP contribution in [0.3, 0.4) is 0 Å². The van der Waals surface area contributed by atoms with E-state index in [1.54, 1.807) is 18.3 Å². The molecule has 51 valence electrons. The van der Waals surface area contributed by atoms with Crippen molar-refractivity contribution in [1.29, 1.82) is 0 Å². The van der Waals surface area contributed by atoms with Gasteiger partial charge >= 0.3 is 0 Å². The van der Waals surface area contributed by atoms with Crippen molar-refractivity contribution >= 4 is 5.91 Å². The van der Waals surface area contributed by atoms with E-state index in [1.165, 1.54) is 6.20 Å². The topological polar surface area (TPSA) is 42.0 Å². The lowest BCUT2D eigenvalue weighted by atomic mass is 10.3. The number of hydrogen-bond acceptors (Lipinski definition) is 2. The van der Waals surface area contributed by atoms with Crippen molar-refractivity contribution in [3.63, 3.8) is 0 Å². The van der Waals surface area contributed by atoms with Gasteiger partial charge in [-0.2, -0.15) is 0 Å². The highest BCUT2D eigenvalue weighted by Crippen LogP contribution is 1.93. The third-order valence-electron chi connectivity index (χ3n) is 1.08. The third kappa shape index (κ3) is 1.31. The standard InChI is InChI=1S/C7H7N2O/c1-8-7(10)6-3-2-4-9-5-6/h2-5H,1H2,(H,8,10). The molecule has 0 saturated carbocycles. The monoisotopic (exact) mass is 135 g/mol. The molecule has 0 aliphatic heterocycles. The van der Waals surface area contributed by atoms with Crippen LogP contribution in [0, 0.1) is 7.05 Å². The van der Waals surface area contributed by atoms with Crippen LogP contribution in [-0.2, 0) is 0 Å². The molecule has 0 unspecified atom stereocenters. The van der Waals surface area contributed by atoms with E-state index in [1.807, 2.05) is 0 Å². The van der Waals surface area contributed by atoms with Gasteiger partial charge in [0.25, 0.3) is 5.91 Å². The van der Waals surface area contributed by atoms with Crippen LogP contribution in [0.15, 0.2) is 24.5 Å². The number of nitrogens with zero attached hydrogens (tertiary/aromatic N) is 1. The van der Waals surface area contributed by atoms with Crippen LogP contribution in [0.25, 0.3) is 0 Å². The van der Waals surface area contributed by atoms with E-state index in [-0.39, 0.29) is 5.91 Å². The smallest absolute Gasteiger partial charge is 0.252 e. The zero-order valence-corrected chi connectivity index (χ0v) is 5.37. The van der Waals surface area contributed by atoms with E-state index in [9.17, 15) is 4.79 Å². The highest BCUT2D eigenvalue weighted by Gasteiger charge is 1.99. The Hall–Kier alpha value is -1.38. The van der Waals surface area contributed by atoms with Gasteiger partial charge in [0.1, 0.15) is 0 Å². The molecular weight excluding hydrogens is 128 g/mol. The molecule has 0 fully saturated rings. The molecule has 1 N–H and O–H groups in total. The molecule has 0 spiro atoms. The summed E-state index contributed by atoms with van der Waals surface area (Å²) in [6.45, 7) is 0. The Kier molecular flexibility index (Phi) is 1.99. The van der Waals surface area contributed by atoms with Gasteiger partial charge in [0.15, 0.2) is 0 Å². The average molecular weight is 135 g/mol. The number of amides is 1. The van der Waals surface area contributed by atoms with Crippen LogP contribution in [0.4, 0.5) is 0 Å². The van der Waals surface area contributed by atoms with Crippen LogP contribution < -0.4 is 5.32 Å². The molecule has 1 aromatic heterocycles. The minimum Gasteiger partial charge on any atom is -0.350 e. The Balaban J connectivity index is 2.85. The minimum absolute atomic E-state index is 0.215. The van der Waals surface area contributed by atoms with Crippen molar-refractivity contribution in [1.82, 2.24) is 10.3 Å². The quantitative estimate of drug-likeness (QED) is 0.612. The van der Waals surface area contributed by atoms with E-state index in [2.05, 4.69) is 17.3 Å². The fraction of sp³-hybridized carbons (Fsp3) is 0. The number of pyridine rings is 1. The number of nitrogens with one attached hydrogen (secondary N) is 1. The van der Waals surface area contributed by atoms with Gasteiger partial charge in [0.2, 0.25) is 0 Å². The first-order valence-corrected chi connectivity index (χ1v) is 2.82. The molecular formula is C7H7N2O. The number of hydrogen-bond donors (Lipinski definition) is 1. The second kappa shape index (κ2) is 2.96. The van der Waals surface area contributed by atoms with Crippen molar-refractivity contribution < 1.29 is 4.79 Å². The average Bonchev–Trinajstić information content (AvgIpc) is 2.05. The predicted octanol–water partition coefficient (Wildman–Crippen LogP) is 0.603. The fourth-order valence-corrected chi connectivity index (χ4v) is 0.599. The molecule has 1 radical (unpaired) electrons. The van der Waals surface area contributed by atoms with Gasteiger partial charge < -0.3 is 5.32 Å². The van der Waals surface area contributed by atoms with Gasteiger partial charge in [-0.15, -0.1) is 0 Å². The first-order valence-electron chi connectivity index (χ1n) is 2.82. The van der Waals surface area contributed by atoms with E-state index >= 15 is 0 Å². The summed E-state index contributed by atoms with van der Waals surface area (Å²) >= 11 is 0. The summed E-state index contributed by atoms with van der Waals surface area (Å²) in [6, 6.07) is 3.37. The number of aromatic nitrogens is 1. The maximum Gasteiger partial charge on any atom is 0.252 e. The Morgan fingerprint density at radius 1 is 1.70 bits per heavy atom. The van der Waals surface area contributed by atoms with Gasteiger partial charge in [-0.1, -0.05) is 0 Å². The van der Waals surface area contributed by atoms with Gasteiger partial charge in [-0.3, -0.25) is 9.78 Å². The summed E-state index contributed by atoms with van der Waals surface area (Å²) in [6.07, 6.45) is 3.10. The van der Waals surface area contributed by atoms with Crippen LogP contribution in [0.1, 0.15) is 10.4 Å². The Morgan fingerprint density at radius 3 is 3.00 bits per heavy atom. The maximum atomic E-state index is 10.8. The minimum atomic E-state index is -0.215. The van der Waals surface area contributed by atoms with Crippen molar-refractivity contribution in [2.75, 3.05) is 0 Å². The van der Waals surface area contributed by atoms with Crippen LogP contribution in [-0.4, -0.2) is 10.9 Å². The molecule has 0 bridgehead atoms. The van der Waals surface area contributed by atoms with E-state index in [4.69, 9.17) is 0 Å². The molecule has 0 atom stereocenters. The second-order valence-corrected chi connectivity index (χ2v) is 1.75. The lowest BCUT2D eigenvalue weighted by Crippen LogP contribution is -2.15. The SMILES string of the molecule is [CH2]NC(=O)c1cccnc1. The number of carbonyl (C=O) groups is 1. The van der Waals surface area contributed by atoms with Crippen LogP contribution >= 0.6 is 0 Å². The molecule has 10 heavy (non-hydrogen) atoms. The van der Waals surface area contributed by atoms with Gasteiger partial charge in [-0.05, 0) is 12.1 Å². The zero-order valence-electron chi connectivity index (χ0n) is 5.37. The van der Waals surface area contributed by atoms with Crippen molar-refractivity contribution in [2.45, 2.75) is 0 Å². The normalized spacial score (nSPS) is 8.90. The van der Waals surface area contributed by atoms with E-state index in [0.29, 0.717) is 5.56 Å². The molecule has 0 saturated heterocycles. The summed E-state index contributed by atoms with van der Waals surface area (Å²) in [4.78, 5) is 14.6. The van der Waals surface area contributed by atoms with Crippen LogP contribution in [0.2, 0.25) is 0 Å². The lowest BCUT2D eigenvalue weighted by molar-refractivity contribution is 0.0968. The molecule has 0 aliphatic rings. The van der Waals surface area contributed by atoms with Crippen molar-refractivity contribution in [3.8, 4) is 0 Å². The Labute approximate surface area is 59.1 Å². The summed E-state index contributed by atoms with van der Waals surface area (Å²) in [7, 11) is 3.23. The first-order chi connectivity index (χ1) is 4.84. The fourth-order valence-electron chi connectivity index (χ4n) is 0.599. The third-order valence-corrected chi connectivity index (χ3v) is 1.08. The van der Waals surface area contributed by atoms with Crippen molar-refractivity contribution in [2.24, 2.45) is 0 Å². The molecule has 1 rings (SSSR count). The van der Waals surface area contributed by atoms with Gasteiger partial charge in [-0.25, -0.2) is 0 Å². The molecule has 1 heterocycles. The first kappa shape index (κ1) is 6.74. The highest BCUT2D eigenvalue weighted by atomic mass is 16.1. The number of carbonyl (C=O) groups excluding carboxylic acids is 1. The molecule has 1 amide bonds. The zero-order chi connectivity index (χ0) is 7.40. The molecule has 1 aromatic rings. The number of rotatable bonds is 1. The maximum absolute atomic E-state index is 10.8. The molecule has 0 aromatic carbocycles. The Bertz CT molecular complexity index is 220. The molecule has 3 heteroatoms. The lowest BCUT2D eigenvalue weighted by Gasteiger charge is -1.95. The van der Waals surface area contributed by atoms with E-state index in [0.717, 1.165) is 0 Å². The van der Waals surface area contributed by atoms with Gasteiger partial charge in [0.05, 0.1) is 5.56 Å². The highest BCUT2D eigenvalue weighted by molar-refractivity contribution is 5.93. The van der Waals surface area contributed by atoms with Crippen LogP contribution in [0.5, 0.6) is 0 Å². The Morgan fingerprint density at radius 2 is 2.50 bits per heavy atom. The molecule has 3 nitrogen and oxygen atoms in total. The summed E-state index contributed by atoms with van der Waals surface area (Å²) in [5, 5.41) is 2.25. The molecule has 0 aliphatic carbocycles. The van der Waals surface area contributed by atoms with E-state index < -0.39 is 0 Å². The summed E-state index contributed by atoms with van der Waals surface area (Å²) < 4.78 is 0. The summed E-state index contributed by atoms with van der Waals surface area (Å²) in [5.74, 6) is -0.215.